The number of rotatable bonds is 4. The van der Waals surface area contributed by atoms with Crippen LogP contribution in [0.3, 0.4) is 0 Å². The Kier molecular flexibility index (Phi) is 5.25. The van der Waals surface area contributed by atoms with E-state index >= 15 is 0 Å². The van der Waals surface area contributed by atoms with Gasteiger partial charge in [-0.25, -0.2) is 0 Å². The second kappa shape index (κ2) is 6.72. The van der Waals surface area contributed by atoms with Gasteiger partial charge in [-0.05, 0) is 69.9 Å². The van der Waals surface area contributed by atoms with Crippen molar-refractivity contribution < 1.29 is 5.11 Å². The van der Waals surface area contributed by atoms with Crippen LogP contribution in [0.5, 0.6) is 0 Å². The lowest BCUT2D eigenvalue weighted by atomic mass is 9.76. The van der Waals surface area contributed by atoms with Crippen LogP contribution in [-0.2, 0) is 0 Å². The van der Waals surface area contributed by atoms with E-state index in [1.54, 1.807) is 0 Å². The summed E-state index contributed by atoms with van der Waals surface area (Å²) in [5.74, 6) is 0. The van der Waals surface area contributed by atoms with Gasteiger partial charge in [0, 0.05) is 6.04 Å². The molecule has 0 aromatic heterocycles. The van der Waals surface area contributed by atoms with Gasteiger partial charge < -0.3 is 10.4 Å². The molecule has 0 aromatic rings. The van der Waals surface area contributed by atoms with Gasteiger partial charge in [-0.15, -0.1) is 0 Å². The Morgan fingerprint density at radius 3 is 2.78 bits per heavy atom. The molecule has 2 aliphatic rings. The fourth-order valence-electron chi connectivity index (χ4n) is 3.41. The number of allylic oxidation sites excluding steroid dienone is 1. The molecule has 0 saturated heterocycles. The summed E-state index contributed by atoms with van der Waals surface area (Å²) in [4.78, 5) is 0. The third kappa shape index (κ3) is 3.58. The van der Waals surface area contributed by atoms with Gasteiger partial charge in [-0.1, -0.05) is 19.4 Å². The molecule has 104 valence electrons. The Bertz CT molecular complexity index is 277. The monoisotopic (exact) mass is 251 g/mol. The fraction of sp³-hybridized carbons (Fsp3) is 0.875. The van der Waals surface area contributed by atoms with Crippen LogP contribution in [-0.4, -0.2) is 23.3 Å². The molecular formula is C16H29NO. The lowest BCUT2D eigenvalue weighted by Crippen LogP contribution is -2.42. The van der Waals surface area contributed by atoms with E-state index < -0.39 is 5.60 Å². The van der Waals surface area contributed by atoms with Crippen LogP contribution in [0.4, 0.5) is 0 Å². The Balaban J connectivity index is 1.87. The highest BCUT2D eigenvalue weighted by molar-refractivity contribution is 5.19. The maximum atomic E-state index is 10.9. The molecule has 2 heteroatoms. The maximum absolute atomic E-state index is 10.9. The van der Waals surface area contributed by atoms with Crippen LogP contribution in [0.1, 0.15) is 71.1 Å². The summed E-state index contributed by atoms with van der Waals surface area (Å²) in [6, 6.07) is 0.636. The molecule has 0 aliphatic heterocycles. The predicted octanol–water partition coefficient (Wildman–Crippen LogP) is 3.55. The predicted molar refractivity (Wildman–Crippen MR) is 76.7 cm³/mol. The van der Waals surface area contributed by atoms with Crippen molar-refractivity contribution in [3.05, 3.63) is 11.6 Å². The highest BCUT2D eigenvalue weighted by atomic mass is 16.3. The van der Waals surface area contributed by atoms with Gasteiger partial charge in [0.25, 0.3) is 0 Å². The van der Waals surface area contributed by atoms with E-state index in [1.807, 2.05) is 0 Å². The first-order valence-corrected chi connectivity index (χ1v) is 7.90. The van der Waals surface area contributed by atoms with Crippen LogP contribution < -0.4 is 5.32 Å². The standard InChI is InChI=1S/C16H29NO/c1-2-13-17-15-9-11-16(18,12-10-15)14-7-5-3-4-6-8-14/h7,15,17-18H,2-6,8-13H2,1H3. The van der Waals surface area contributed by atoms with Gasteiger partial charge in [0.1, 0.15) is 0 Å². The molecule has 0 heterocycles. The summed E-state index contributed by atoms with van der Waals surface area (Å²) in [7, 11) is 0. The number of aliphatic hydroxyl groups is 1. The molecule has 1 fully saturated rings. The summed E-state index contributed by atoms with van der Waals surface area (Å²) < 4.78 is 0. The van der Waals surface area contributed by atoms with Crippen LogP contribution >= 0.6 is 0 Å². The van der Waals surface area contributed by atoms with Gasteiger partial charge in [0.05, 0.1) is 5.60 Å². The molecule has 0 unspecified atom stereocenters. The minimum absolute atomic E-state index is 0.464. The first kappa shape index (κ1) is 14.1. The molecular weight excluding hydrogens is 222 g/mol. The third-order valence-electron chi connectivity index (χ3n) is 4.63. The van der Waals surface area contributed by atoms with Crippen molar-refractivity contribution in [2.24, 2.45) is 0 Å². The van der Waals surface area contributed by atoms with Crippen LogP contribution in [0.2, 0.25) is 0 Å². The summed E-state index contributed by atoms with van der Waals surface area (Å²) in [6.07, 6.45) is 13.9. The molecule has 0 aromatic carbocycles. The summed E-state index contributed by atoms with van der Waals surface area (Å²) in [5.41, 5.74) is 0.892. The molecule has 2 nitrogen and oxygen atoms in total. The van der Waals surface area contributed by atoms with Gasteiger partial charge >= 0.3 is 0 Å². The largest absolute Gasteiger partial charge is 0.386 e. The normalized spacial score (nSPS) is 33.9. The Morgan fingerprint density at radius 1 is 1.28 bits per heavy atom. The van der Waals surface area contributed by atoms with Crippen molar-refractivity contribution in [1.29, 1.82) is 0 Å². The molecule has 0 atom stereocenters. The van der Waals surface area contributed by atoms with Crippen molar-refractivity contribution in [2.45, 2.75) is 82.8 Å². The minimum atomic E-state index is -0.464. The fourth-order valence-corrected chi connectivity index (χ4v) is 3.41. The van der Waals surface area contributed by atoms with E-state index in [1.165, 1.54) is 37.7 Å². The molecule has 1 saturated carbocycles. The highest BCUT2D eigenvalue weighted by Crippen LogP contribution is 2.38. The van der Waals surface area contributed by atoms with Gasteiger partial charge in [-0.2, -0.15) is 0 Å². The zero-order valence-corrected chi connectivity index (χ0v) is 11.9. The molecule has 0 bridgehead atoms. The van der Waals surface area contributed by atoms with E-state index in [-0.39, 0.29) is 0 Å². The van der Waals surface area contributed by atoms with Gasteiger partial charge in [0.2, 0.25) is 0 Å². The maximum Gasteiger partial charge on any atom is 0.0857 e. The third-order valence-corrected chi connectivity index (χ3v) is 4.63. The van der Waals surface area contributed by atoms with E-state index in [4.69, 9.17) is 0 Å². The van der Waals surface area contributed by atoms with Crippen molar-refractivity contribution in [3.8, 4) is 0 Å². The Labute approximate surface area is 112 Å². The minimum Gasteiger partial charge on any atom is -0.386 e. The molecule has 0 spiro atoms. The molecule has 0 radical (unpaired) electrons. The zero-order valence-electron chi connectivity index (χ0n) is 11.9. The molecule has 2 N–H and O–H groups in total. The van der Waals surface area contributed by atoms with Gasteiger partial charge in [0.15, 0.2) is 0 Å². The van der Waals surface area contributed by atoms with Crippen molar-refractivity contribution in [1.82, 2.24) is 5.32 Å². The average Bonchev–Trinajstić information content (AvgIpc) is 2.67. The second-order valence-corrected chi connectivity index (χ2v) is 6.09. The number of hydrogen-bond donors (Lipinski definition) is 2. The summed E-state index contributed by atoms with van der Waals surface area (Å²) in [6.45, 7) is 3.33. The van der Waals surface area contributed by atoms with E-state index in [0.717, 1.165) is 38.6 Å². The highest BCUT2D eigenvalue weighted by Gasteiger charge is 2.35. The number of nitrogens with one attached hydrogen (secondary N) is 1. The topological polar surface area (TPSA) is 32.3 Å². The Morgan fingerprint density at radius 2 is 2.06 bits per heavy atom. The van der Waals surface area contributed by atoms with Gasteiger partial charge in [-0.3, -0.25) is 0 Å². The molecule has 0 amide bonds. The SMILES string of the molecule is CCCNC1CCC(O)(C2=CCCCCC2)CC1. The quantitative estimate of drug-likeness (QED) is 0.749. The molecule has 2 rings (SSSR count). The molecule has 18 heavy (non-hydrogen) atoms. The summed E-state index contributed by atoms with van der Waals surface area (Å²) in [5, 5.41) is 14.5. The smallest absolute Gasteiger partial charge is 0.0857 e. The van der Waals surface area contributed by atoms with Crippen LogP contribution in [0, 0.1) is 0 Å². The van der Waals surface area contributed by atoms with E-state index in [9.17, 15) is 5.11 Å². The van der Waals surface area contributed by atoms with Crippen LogP contribution in [0.15, 0.2) is 11.6 Å². The van der Waals surface area contributed by atoms with Crippen molar-refractivity contribution in [2.75, 3.05) is 6.54 Å². The molecule has 2 aliphatic carbocycles. The first-order chi connectivity index (χ1) is 8.74. The van der Waals surface area contributed by atoms with Crippen LogP contribution in [0.25, 0.3) is 0 Å². The average molecular weight is 251 g/mol. The summed E-state index contributed by atoms with van der Waals surface area (Å²) >= 11 is 0. The van der Waals surface area contributed by atoms with E-state index in [0.29, 0.717) is 6.04 Å². The van der Waals surface area contributed by atoms with Crippen molar-refractivity contribution in [3.63, 3.8) is 0 Å². The van der Waals surface area contributed by atoms with E-state index in [2.05, 4.69) is 18.3 Å². The number of hydrogen-bond acceptors (Lipinski definition) is 2. The lowest BCUT2D eigenvalue weighted by Gasteiger charge is -2.38. The first-order valence-electron chi connectivity index (χ1n) is 7.90. The zero-order chi connectivity index (χ0) is 12.8. The van der Waals surface area contributed by atoms with Crippen molar-refractivity contribution >= 4 is 0 Å². The lowest BCUT2D eigenvalue weighted by molar-refractivity contribution is 0.0275. The second-order valence-electron chi connectivity index (χ2n) is 6.09. The Hall–Kier alpha value is -0.340.